The third-order valence-corrected chi connectivity index (χ3v) is 2.31. The monoisotopic (exact) mass is 251 g/mol. The van der Waals surface area contributed by atoms with E-state index in [0.717, 1.165) is 19.6 Å². The Kier molecular flexibility index (Phi) is 5.90. The predicted octanol–water partition coefficient (Wildman–Crippen LogP) is 1.71. The average Bonchev–Trinajstić information content (AvgIpc) is 2.38. The van der Waals surface area contributed by atoms with Crippen LogP contribution in [0.25, 0.3) is 0 Å². The summed E-state index contributed by atoms with van der Waals surface area (Å²) in [6.45, 7) is 12.5. The summed E-state index contributed by atoms with van der Waals surface area (Å²) in [6.07, 6.45) is 1.66. The molecule has 18 heavy (non-hydrogen) atoms. The molecule has 1 aromatic heterocycles. The van der Waals surface area contributed by atoms with Gasteiger partial charge in [0.05, 0.1) is 0 Å². The molecule has 0 aliphatic heterocycles. The summed E-state index contributed by atoms with van der Waals surface area (Å²) in [6, 6.07) is 0.322. The molecule has 0 saturated heterocycles. The highest BCUT2D eigenvalue weighted by atomic mass is 16.5. The Morgan fingerprint density at radius 2 is 1.94 bits per heavy atom. The Morgan fingerprint density at radius 1 is 1.22 bits per heavy atom. The third kappa shape index (κ3) is 3.87. The van der Waals surface area contributed by atoms with E-state index in [9.17, 15) is 0 Å². The minimum absolute atomic E-state index is 0.322. The number of rotatable bonds is 8. The molecule has 6 nitrogen and oxygen atoms in total. The van der Waals surface area contributed by atoms with Gasteiger partial charge in [0, 0.05) is 19.6 Å². The fourth-order valence-corrected chi connectivity index (χ4v) is 1.43. The molecule has 1 heterocycles. The van der Waals surface area contributed by atoms with Crippen LogP contribution < -0.4 is 15.0 Å². The highest BCUT2D eigenvalue weighted by Gasteiger charge is 2.11. The van der Waals surface area contributed by atoms with Gasteiger partial charge in [-0.1, -0.05) is 12.7 Å². The molecule has 0 amide bonds. The van der Waals surface area contributed by atoms with Crippen LogP contribution >= 0.6 is 0 Å². The van der Waals surface area contributed by atoms with Crippen LogP contribution in [0.3, 0.4) is 0 Å². The molecule has 0 atom stereocenters. The number of hydrogen-bond acceptors (Lipinski definition) is 6. The van der Waals surface area contributed by atoms with Gasteiger partial charge in [-0.05, 0) is 20.8 Å². The molecular formula is C12H21N5O. The third-order valence-electron chi connectivity index (χ3n) is 2.31. The first-order valence-electron chi connectivity index (χ1n) is 6.23. The molecule has 1 aromatic rings. The van der Waals surface area contributed by atoms with Crippen LogP contribution in [-0.2, 0) is 0 Å². The highest BCUT2D eigenvalue weighted by Crippen LogP contribution is 2.14. The van der Waals surface area contributed by atoms with Crippen molar-refractivity contribution in [1.82, 2.24) is 15.0 Å². The molecule has 6 heteroatoms. The lowest BCUT2D eigenvalue weighted by Gasteiger charge is -2.19. The van der Waals surface area contributed by atoms with Gasteiger partial charge in [-0.2, -0.15) is 15.0 Å². The second kappa shape index (κ2) is 7.47. The summed E-state index contributed by atoms with van der Waals surface area (Å²) in [5.41, 5.74) is 0. The molecule has 0 saturated carbocycles. The topological polar surface area (TPSA) is 63.2 Å². The van der Waals surface area contributed by atoms with Gasteiger partial charge in [-0.3, -0.25) is 0 Å². The summed E-state index contributed by atoms with van der Waals surface area (Å²) in [4.78, 5) is 14.9. The van der Waals surface area contributed by atoms with Crippen LogP contribution in [0.5, 0.6) is 6.01 Å². The van der Waals surface area contributed by atoms with Crippen molar-refractivity contribution in [3.63, 3.8) is 0 Å². The van der Waals surface area contributed by atoms with Gasteiger partial charge < -0.3 is 15.0 Å². The first kappa shape index (κ1) is 14.2. The van der Waals surface area contributed by atoms with Crippen molar-refractivity contribution in [2.24, 2.45) is 0 Å². The van der Waals surface area contributed by atoms with Crippen molar-refractivity contribution in [2.45, 2.75) is 20.8 Å². The number of aromatic nitrogens is 3. The Balaban J connectivity index is 2.99. The minimum atomic E-state index is 0.322. The van der Waals surface area contributed by atoms with Crippen LogP contribution in [0.1, 0.15) is 20.8 Å². The quantitative estimate of drug-likeness (QED) is 0.710. The van der Waals surface area contributed by atoms with Crippen molar-refractivity contribution in [2.75, 3.05) is 36.5 Å². The SMILES string of the molecule is C=CCOc1nc(NCC)nc(N(CC)CC)n1. The second-order valence-electron chi connectivity index (χ2n) is 3.54. The van der Waals surface area contributed by atoms with Gasteiger partial charge in [-0.15, -0.1) is 0 Å². The van der Waals surface area contributed by atoms with Gasteiger partial charge in [-0.25, -0.2) is 0 Å². The van der Waals surface area contributed by atoms with E-state index >= 15 is 0 Å². The van der Waals surface area contributed by atoms with E-state index in [1.165, 1.54) is 0 Å². The number of anilines is 2. The number of nitrogens with one attached hydrogen (secondary N) is 1. The van der Waals surface area contributed by atoms with Crippen molar-refractivity contribution in [3.8, 4) is 6.01 Å². The standard InChI is InChI=1S/C12H21N5O/c1-5-9-18-12-15-10(13-6-2)14-11(16-12)17(7-3)8-4/h5H,1,6-9H2,2-4H3,(H,13,14,15,16). The fraction of sp³-hybridized carbons (Fsp3) is 0.583. The van der Waals surface area contributed by atoms with Gasteiger partial charge in [0.25, 0.3) is 0 Å². The Morgan fingerprint density at radius 3 is 2.50 bits per heavy atom. The van der Waals surface area contributed by atoms with E-state index in [0.29, 0.717) is 24.5 Å². The lowest BCUT2D eigenvalue weighted by molar-refractivity contribution is 0.332. The zero-order valence-corrected chi connectivity index (χ0v) is 11.3. The normalized spacial score (nSPS) is 9.94. The Hall–Kier alpha value is -1.85. The molecular weight excluding hydrogens is 230 g/mol. The molecule has 0 aliphatic rings. The van der Waals surface area contributed by atoms with Crippen LogP contribution in [0.2, 0.25) is 0 Å². The van der Waals surface area contributed by atoms with Gasteiger partial charge in [0.15, 0.2) is 0 Å². The van der Waals surface area contributed by atoms with E-state index in [1.54, 1.807) is 6.08 Å². The van der Waals surface area contributed by atoms with Crippen LogP contribution in [0.15, 0.2) is 12.7 Å². The molecule has 0 radical (unpaired) electrons. The van der Waals surface area contributed by atoms with E-state index in [1.807, 2.05) is 11.8 Å². The maximum Gasteiger partial charge on any atom is 0.323 e. The van der Waals surface area contributed by atoms with E-state index in [2.05, 4.69) is 40.7 Å². The van der Waals surface area contributed by atoms with Crippen LogP contribution in [0, 0.1) is 0 Å². The lowest BCUT2D eigenvalue weighted by Crippen LogP contribution is -2.25. The maximum atomic E-state index is 5.38. The number of ether oxygens (including phenoxy) is 1. The molecule has 0 unspecified atom stereocenters. The predicted molar refractivity (Wildman–Crippen MR) is 73.2 cm³/mol. The number of nitrogens with zero attached hydrogens (tertiary/aromatic N) is 4. The molecule has 0 aliphatic carbocycles. The summed E-state index contributed by atoms with van der Waals surface area (Å²) < 4.78 is 5.38. The lowest BCUT2D eigenvalue weighted by atomic mass is 10.5. The largest absolute Gasteiger partial charge is 0.459 e. The molecule has 0 bridgehead atoms. The minimum Gasteiger partial charge on any atom is -0.459 e. The van der Waals surface area contributed by atoms with Gasteiger partial charge in [0.2, 0.25) is 11.9 Å². The summed E-state index contributed by atoms with van der Waals surface area (Å²) in [5, 5.41) is 3.07. The first-order chi connectivity index (χ1) is 8.74. The Bertz CT molecular complexity index is 379. The smallest absolute Gasteiger partial charge is 0.323 e. The molecule has 100 valence electrons. The molecule has 1 N–H and O–H groups in total. The van der Waals surface area contributed by atoms with E-state index in [4.69, 9.17) is 4.74 Å². The van der Waals surface area contributed by atoms with Gasteiger partial charge in [0.1, 0.15) is 6.61 Å². The number of hydrogen-bond donors (Lipinski definition) is 1. The fourth-order valence-electron chi connectivity index (χ4n) is 1.43. The van der Waals surface area contributed by atoms with Crippen molar-refractivity contribution < 1.29 is 4.74 Å². The van der Waals surface area contributed by atoms with E-state index < -0.39 is 0 Å². The summed E-state index contributed by atoms with van der Waals surface area (Å²) in [5.74, 6) is 1.17. The average molecular weight is 251 g/mol. The molecule has 1 rings (SSSR count). The summed E-state index contributed by atoms with van der Waals surface area (Å²) in [7, 11) is 0. The maximum absolute atomic E-state index is 5.38. The van der Waals surface area contributed by atoms with Crippen LogP contribution in [-0.4, -0.2) is 41.2 Å². The Labute approximate surface area is 108 Å². The van der Waals surface area contributed by atoms with Crippen molar-refractivity contribution >= 4 is 11.9 Å². The summed E-state index contributed by atoms with van der Waals surface area (Å²) >= 11 is 0. The first-order valence-corrected chi connectivity index (χ1v) is 6.23. The highest BCUT2D eigenvalue weighted by molar-refractivity contribution is 5.38. The molecule has 0 spiro atoms. The van der Waals surface area contributed by atoms with Crippen LogP contribution in [0.4, 0.5) is 11.9 Å². The van der Waals surface area contributed by atoms with E-state index in [-0.39, 0.29) is 0 Å². The molecule has 0 fully saturated rings. The molecule has 0 aromatic carbocycles. The zero-order valence-electron chi connectivity index (χ0n) is 11.3. The second-order valence-corrected chi connectivity index (χ2v) is 3.54. The van der Waals surface area contributed by atoms with Crippen molar-refractivity contribution in [1.29, 1.82) is 0 Å². The van der Waals surface area contributed by atoms with Crippen molar-refractivity contribution in [3.05, 3.63) is 12.7 Å². The van der Waals surface area contributed by atoms with Gasteiger partial charge >= 0.3 is 6.01 Å². The zero-order chi connectivity index (χ0) is 13.4.